The highest BCUT2D eigenvalue weighted by Gasteiger charge is 2.44. The van der Waals surface area contributed by atoms with Crippen LogP contribution in [0.2, 0.25) is 0 Å². The van der Waals surface area contributed by atoms with E-state index >= 15 is 0 Å². The maximum Gasteiger partial charge on any atom is 0.315 e. The zero-order chi connectivity index (χ0) is 16.5. The van der Waals surface area contributed by atoms with Crippen LogP contribution in [0, 0.1) is 6.92 Å². The molecule has 122 valence electrons. The predicted molar refractivity (Wildman–Crippen MR) is 89.3 cm³/mol. The first-order valence-corrected chi connectivity index (χ1v) is 10.4. The van der Waals surface area contributed by atoms with Gasteiger partial charge in [0.25, 0.3) is 10.0 Å². The monoisotopic (exact) mass is 351 g/mol. The highest BCUT2D eigenvalue weighted by Crippen LogP contribution is 2.54. The van der Waals surface area contributed by atoms with E-state index in [-0.39, 0.29) is 18.0 Å². The molecule has 3 rings (SSSR count). The summed E-state index contributed by atoms with van der Waals surface area (Å²) in [6.45, 7) is 2.35. The van der Waals surface area contributed by atoms with Crippen molar-refractivity contribution in [1.29, 1.82) is 0 Å². The van der Waals surface area contributed by atoms with Crippen molar-refractivity contribution in [1.82, 2.24) is 4.08 Å². The van der Waals surface area contributed by atoms with Crippen LogP contribution >= 0.6 is 7.52 Å². The van der Waals surface area contributed by atoms with Crippen LogP contribution in [0.4, 0.5) is 0 Å². The van der Waals surface area contributed by atoms with Gasteiger partial charge in [0.05, 0.1) is 16.8 Å². The van der Waals surface area contributed by atoms with E-state index in [0.29, 0.717) is 11.7 Å². The third-order valence-corrected chi connectivity index (χ3v) is 8.90. The third kappa shape index (κ3) is 3.00. The van der Waals surface area contributed by atoms with E-state index in [1.807, 2.05) is 6.92 Å². The maximum atomic E-state index is 13.4. The molecule has 0 aromatic heterocycles. The Labute approximate surface area is 136 Å². The Balaban J connectivity index is 2.08. The van der Waals surface area contributed by atoms with E-state index in [4.69, 9.17) is 4.52 Å². The molecule has 23 heavy (non-hydrogen) atoms. The maximum absolute atomic E-state index is 13.4. The van der Waals surface area contributed by atoms with Gasteiger partial charge in [0.15, 0.2) is 0 Å². The number of sulfonamides is 1. The molecule has 0 saturated carbocycles. The van der Waals surface area contributed by atoms with Gasteiger partial charge in [-0.3, -0.25) is 4.57 Å². The SMILES string of the molecule is Cc1ccc(S(=O)(=O)N2CCCOP2(=O)c2ccccc2)cc1. The number of hydrogen-bond donors (Lipinski definition) is 0. The second-order valence-electron chi connectivity index (χ2n) is 5.41. The molecule has 0 bridgehead atoms. The highest BCUT2D eigenvalue weighted by molar-refractivity contribution is 7.95. The molecule has 5 nitrogen and oxygen atoms in total. The lowest BCUT2D eigenvalue weighted by atomic mass is 10.2. The van der Waals surface area contributed by atoms with Gasteiger partial charge in [-0.1, -0.05) is 35.9 Å². The topological polar surface area (TPSA) is 63.7 Å². The van der Waals surface area contributed by atoms with Crippen molar-refractivity contribution in [2.24, 2.45) is 0 Å². The van der Waals surface area contributed by atoms with Gasteiger partial charge in [-0.05, 0) is 37.6 Å². The molecule has 1 aliphatic heterocycles. The summed E-state index contributed by atoms with van der Waals surface area (Å²) in [5, 5.41) is 0.399. The lowest BCUT2D eigenvalue weighted by Gasteiger charge is -2.34. The van der Waals surface area contributed by atoms with E-state index < -0.39 is 17.5 Å². The first kappa shape index (κ1) is 16.4. The Morgan fingerprint density at radius 1 is 1.04 bits per heavy atom. The average molecular weight is 351 g/mol. The molecule has 0 amide bonds. The second kappa shape index (κ2) is 6.21. The van der Waals surface area contributed by atoms with Crippen molar-refractivity contribution in [2.75, 3.05) is 13.2 Å². The normalized spacial score (nSPS) is 22.8. The quantitative estimate of drug-likeness (QED) is 0.798. The fourth-order valence-electron chi connectivity index (χ4n) is 2.50. The summed E-state index contributed by atoms with van der Waals surface area (Å²) >= 11 is 0. The summed E-state index contributed by atoms with van der Waals surface area (Å²) in [6.07, 6.45) is 0.516. The van der Waals surface area contributed by atoms with Gasteiger partial charge in [-0.15, -0.1) is 4.08 Å². The molecule has 1 saturated heterocycles. The molecule has 1 unspecified atom stereocenters. The lowest BCUT2D eigenvalue weighted by Crippen LogP contribution is -2.37. The summed E-state index contributed by atoms with van der Waals surface area (Å²) in [5.41, 5.74) is 0.963. The van der Waals surface area contributed by atoms with E-state index in [1.54, 1.807) is 42.5 Å². The summed E-state index contributed by atoms with van der Waals surface area (Å²) in [6, 6.07) is 15.1. The molecule has 1 fully saturated rings. The van der Waals surface area contributed by atoms with E-state index in [9.17, 15) is 13.0 Å². The van der Waals surface area contributed by atoms with Crippen molar-refractivity contribution >= 4 is 22.8 Å². The molecule has 0 aliphatic carbocycles. The zero-order valence-corrected chi connectivity index (χ0v) is 14.5. The second-order valence-corrected chi connectivity index (χ2v) is 9.84. The number of nitrogens with zero attached hydrogens (tertiary/aromatic N) is 1. The number of hydrogen-bond acceptors (Lipinski definition) is 4. The minimum Gasteiger partial charge on any atom is -0.313 e. The van der Waals surface area contributed by atoms with Gasteiger partial charge < -0.3 is 4.52 Å². The molecule has 1 atom stereocenters. The van der Waals surface area contributed by atoms with Gasteiger partial charge in [-0.25, -0.2) is 8.42 Å². The highest BCUT2D eigenvalue weighted by atomic mass is 32.2. The Kier molecular flexibility index (Phi) is 4.43. The molecule has 2 aromatic rings. The fraction of sp³-hybridized carbons (Fsp3) is 0.250. The summed E-state index contributed by atoms with van der Waals surface area (Å²) in [7, 11) is -7.52. The Bertz CT molecular complexity index is 834. The molecular formula is C16H18NO4PS. The van der Waals surface area contributed by atoms with Crippen LogP contribution < -0.4 is 5.30 Å². The van der Waals surface area contributed by atoms with Gasteiger partial charge in [0.1, 0.15) is 0 Å². The van der Waals surface area contributed by atoms with Gasteiger partial charge >= 0.3 is 7.52 Å². The third-order valence-electron chi connectivity index (χ3n) is 3.73. The van der Waals surface area contributed by atoms with Gasteiger partial charge in [0.2, 0.25) is 0 Å². The smallest absolute Gasteiger partial charge is 0.313 e. The Morgan fingerprint density at radius 3 is 2.35 bits per heavy atom. The van der Waals surface area contributed by atoms with E-state index in [0.717, 1.165) is 9.64 Å². The molecule has 1 aliphatic rings. The molecular weight excluding hydrogens is 333 g/mol. The van der Waals surface area contributed by atoms with Crippen molar-refractivity contribution in [3.05, 3.63) is 60.2 Å². The molecule has 0 radical (unpaired) electrons. The van der Waals surface area contributed by atoms with Gasteiger partial charge in [0, 0.05) is 6.54 Å². The van der Waals surface area contributed by atoms with Crippen molar-refractivity contribution in [2.45, 2.75) is 18.2 Å². The predicted octanol–water partition coefficient (Wildman–Crippen LogP) is 2.92. The van der Waals surface area contributed by atoms with Crippen LogP contribution in [-0.4, -0.2) is 25.6 Å². The minimum absolute atomic E-state index is 0.129. The number of aryl methyl sites for hydroxylation is 1. The Morgan fingerprint density at radius 2 is 1.70 bits per heavy atom. The first-order chi connectivity index (χ1) is 10.9. The molecule has 0 N–H and O–H groups in total. The first-order valence-electron chi connectivity index (χ1n) is 7.35. The van der Waals surface area contributed by atoms with Crippen molar-refractivity contribution in [3.63, 3.8) is 0 Å². The number of benzene rings is 2. The van der Waals surface area contributed by atoms with Crippen molar-refractivity contribution < 1.29 is 17.5 Å². The van der Waals surface area contributed by atoms with Crippen LogP contribution in [0.25, 0.3) is 0 Å². The molecule has 0 spiro atoms. The lowest BCUT2D eigenvalue weighted by molar-refractivity contribution is 0.251. The zero-order valence-electron chi connectivity index (χ0n) is 12.8. The molecule has 1 heterocycles. The number of rotatable bonds is 3. The van der Waals surface area contributed by atoms with Crippen LogP contribution in [0.1, 0.15) is 12.0 Å². The van der Waals surface area contributed by atoms with Crippen LogP contribution in [-0.2, 0) is 19.1 Å². The minimum atomic E-state index is -3.89. The largest absolute Gasteiger partial charge is 0.315 e. The summed E-state index contributed by atoms with van der Waals surface area (Å²) < 4.78 is 45.8. The average Bonchev–Trinajstić information content (AvgIpc) is 2.56. The van der Waals surface area contributed by atoms with Gasteiger partial charge in [-0.2, -0.15) is 0 Å². The van der Waals surface area contributed by atoms with E-state index in [2.05, 4.69) is 0 Å². The van der Waals surface area contributed by atoms with Crippen molar-refractivity contribution in [3.8, 4) is 0 Å². The van der Waals surface area contributed by atoms with E-state index in [1.165, 1.54) is 12.1 Å². The van der Waals surface area contributed by atoms with Crippen LogP contribution in [0.15, 0.2) is 59.5 Å². The molecule has 7 heteroatoms. The fourth-order valence-corrected chi connectivity index (χ4v) is 7.30. The van der Waals surface area contributed by atoms with Crippen LogP contribution in [0.5, 0.6) is 0 Å². The van der Waals surface area contributed by atoms with Crippen LogP contribution in [0.3, 0.4) is 0 Å². The summed E-state index contributed by atoms with van der Waals surface area (Å²) in [4.78, 5) is 0.129. The Hall–Kier alpha value is -1.46. The molecule has 2 aromatic carbocycles. The standard InChI is InChI=1S/C16H18NO4PS/c1-14-8-10-16(11-9-14)23(19,20)17-12-5-13-21-22(17,18)15-6-3-2-4-7-15/h2-4,6-11H,5,12-13H2,1H3. The summed E-state index contributed by atoms with van der Waals surface area (Å²) in [5.74, 6) is 0.